The van der Waals surface area contributed by atoms with Crippen LogP contribution in [0, 0.1) is 12.3 Å². The van der Waals surface area contributed by atoms with E-state index in [1.807, 2.05) is 0 Å². The number of nitrogens with zero attached hydrogens (tertiary/aromatic N) is 1. The molecule has 1 aromatic carbocycles. The van der Waals surface area contributed by atoms with Gasteiger partial charge in [0.05, 0.1) is 13.0 Å². The smallest absolute Gasteiger partial charge is 0.323 e. The number of carbonyl (C=O) groups is 2. The third-order valence-corrected chi connectivity index (χ3v) is 2.90. The van der Waals surface area contributed by atoms with E-state index in [4.69, 9.17) is 34.7 Å². The fourth-order valence-electron chi connectivity index (χ4n) is 1.45. The molecule has 1 N–H and O–H groups in total. The van der Waals surface area contributed by atoms with Crippen LogP contribution >= 0.6 is 23.2 Å². The summed E-state index contributed by atoms with van der Waals surface area (Å²) in [7, 11) is 0. The lowest BCUT2D eigenvalue weighted by Gasteiger charge is -2.18. The monoisotopic (exact) mass is 299 g/mol. The topological polar surface area (TPSA) is 57.6 Å². The van der Waals surface area contributed by atoms with E-state index in [0.29, 0.717) is 15.6 Å². The summed E-state index contributed by atoms with van der Waals surface area (Å²) in [5.74, 6) is 0.733. The molecule has 0 unspecified atom stereocenters. The molecule has 0 saturated carbocycles. The van der Waals surface area contributed by atoms with Gasteiger partial charge in [0.25, 0.3) is 0 Å². The summed E-state index contributed by atoms with van der Waals surface area (Å²) in [6.45, 7) is -0.495. The van der Waals surface area contributed by atoms with E-state index in [2.05, 4.69) is 5.92 Å². The summed E-state index contributed by atoms with van der Waals surface area (Å²) in [5, 5.41) is 9.53. The van der Waals surface area contributed by atoms with Crippen molar-refractivity contribution in [2.45, 2.75) is 6.42 Å². The maximum atomic E-state index is 12.0. The number of hydrogen-bond acceptors (Lipinski definition) is 2. The maximum absolute atomic E-state index is 12.0. The highest BCUT2D eigenvalue weighted by molar-refractivity contribution is 6.35. The molecule has 0 aromatic heterocycles. The van der Waals surface area contributed by atoms with Crippen molar-refractivity contribution in [1.29, 1.82) is 0 Å². The summed E-state index contributed by atoms with van der Waals surface area (Å²) in [5.41, 5.74) is 0.573. The summed E-state index contributed by atoms with van der Waals surface area (Å²) in [6.07, 6.45) is 5.08. The van der Waals surface area contributed by atoms with Gasteiger partial charge in [-0.15, -0.1) is 6.42 Å². The molecule has 0 heterocycles. The minimum Gasteiger partial charge on any atom is -0.480 e. The van der Waals surface area contributed by atoms with Gasteiger partial charge in [0.2, 0.25) is 5.91 Å². The molecule has 0 aliphatic heterocycles. The van der Waals surface area contributed by atoms with Crippen LogP contribution in [0.25, 0.3) is 0 Å². The molecule has 0 saturated heterocycles. The highest BCUT2D eigenvalue weighted by atomic mass is 35.5. The summed E-state index contributed by atoms with van der Waals surface area (Å²) >= 11 is 11.7. The van der Waals surface area contributed by atoms with Crippen molar-refractivity contribution in [1.82, 2.24) is 4.90 Å². The predicted octanol–water partition coefficient (Wildman–Crippen LogP) is 2.08. The molecule has 0 atom stereocenters. The molecule has 1 amide bonds. The van der Waals surface area contributed by atoms with E-state index >= 15 is 0 Å². The summed E-state index contributed by atoms with van der Waals surface area (Å²) < 4.78 is 0. The number of terminal acetylenes is 1. The van der Waals surface area contributed by atoms with Crippen molar-refractivity contribution >= 4 is 35.1 Å². The molecular formula is C13H11Cl2NO3. The molecule has 1 aromatic rings. The van der Waals surface area contributed by atoms with Crippen LogP contribution < -0.4 is 0 Å². The Morgan fingerprint density at radius 3 is 2.58 bits per heavy atom. The van der Waals surface area contributed by atoms with E-state index in [1.165, 1.54) is 6.07 Å². The molecule has 0 radical (unpaired) electrons. The van der Waals surface area contributed by atoms with Crippen molar-refractivity contribution in [2.24, 2.45) is 0 Å². The maximum Gasteiger partial charge on any atom is 0.323 e. The van der Waals surface area contributed by atoms with Gasteiger partial charge in [0.15, 0.2) is 0 Å². The fourth-order valence-corrected chi connectivity index (χ4v) is 1.92. The van der Waals surface area contributed by atoms with Gasteiger partial charge < -0.3 is 10.0 Å². The first-order valence-corrected chi connectivity index (χ1v) is 6.06. The Balaban J connectivity index is 2.81. The number of carboxylic acid groups (broad SMARTS) is 1. The Labute approximate surface area is 120 Å². The number of hydrogen-bond donors (Lipinski definition) is 1. The number of rotatable bonds is 5. The second-order valence-electron chi connectivity index (χ2n) is 3.76. The molecule has 1 rings (SSSR count). The van der Waals surface area contributed by atoms with Gasteiger partial charge in [-0.1, -0.05) is 35.2 Å². The lowest BCUT2D eigenvalue weighted by molar-refractivity contribution is -0.143. The number of carboxylic acids is 1. The van der Waals surface area contributed by atoms with Crippen LogP contribution in [-0.2, 0) is 16.0 Å². The van der Waals surface area contributed by atoms with Crippen LogP contribution in [0.5, 0.6) is 0 Å². The number of aliphatic carboxylic acids is 1. The largest absolute Gasteiger partial charge is 0.480 e. The van der Waals surface area contributed by atoms with Crippen LogP contribution in [0.4, 0.5) is 0 Å². The number of halogens is 2. The number of carbonyl (C=O) groups excluding carboxylic acids is 1. The van der Waals surface area contributed by atoms with Gasteiger partial charge in [-0.2, -0.15) is 0 Å². The number of amides is 1. The number of benzene rings is 1. The van der Waals surface area contributed by atoms with Crippen LogP contribution in [0.2, 0.25) is 10.0 Å². The highest BCUT2D eigenvalue weighted by Crippen LogP contribution is 2.21. The Morgan fingerprint density at radius 2 is 2.05 bits per heavy atom. The summed E-state index contributed by atoms with van der Waals surface area (Å²) in [6, 6.07) is 4.75. The highest BCUT2D eigenvalue weighted by Gasteiger charge is 2.17. The first-order chi connectivity index (χ1) is 8.93. The summed E-state index contributed by atoms with van der Waals surface area (Å²) in [4.78, 5) is 23.7. The first-order valence-electron chi connectivity index (χ1n) is 5.31. The Kier molecular flexibility index (Phi) is 5.68. The molecule has 0 fully saturated rings. The van der Waals surface area contributed by atoms with Crippen molar-refractivity contribution in [3.63, 3.8) is 0 Å². The fraction of sp³-hybridized carbons (Fsp3) is 0.231. The zero-order valence-electron chi connectivity index (χ0n) is 9.90. The Hall–Kier alpha value is -1.70. The second-order valence-corrected chi connectivity index (χ2v) is 4.60. The SMILES string of the molecule is C#CCN(CC(=O)O)C(=O)Cc1ccc(Cl)cc1Cl. The molecule has 0 aliphatic rings. The molecule has 0 bridgehead atoms. The second kappa shape index (κ2) is 7.03. The molecule has 0 aliphatic carbocycles. The average molecular weight is 300 g/mol. The average Bonchev–Trinajstić information content (AvgIpc) is 2.31. The van der Waals surface area contributed by atoms with Crippen molar-refractivity contribution < 1.29 is 14.7 Å². The first kappa shape index (κ1) is 15.4. The van der Waals surface area contributed by atoms with Crippen LogP contribution in [0.1, 0.15) is 5.56 Å². The normalized spacial score (nSPS) is 9.74. The minimum atomic E-state index is -1.12. The molecule has 19 heavy (non-hydrogen) atoms. The standard InChI is InChI=1S/C13H11Cl2NO3/c1-2-5-16(8-13(18)19)12(17)6-9-3-4-10(14)7-11(9)15/h1,3-4,7H,5-6,8H2,(H,18,19). The third kappa shape index (κ3) is 4.82. The molecule has 0 spiro atoms. The molecule has 100 valence electrons. The van der Waals surface area contributed by atoms with Crippen LogP contribution in [-0.4, -0.2) is 35.0 Å². The van der Waals surface area contributed by atoms with Gasteiger partial charge >= 0.3 is 5.97 Å². The van der Waals surface area contributed by atoms with Gasteiger partial charge in [-0.05, 0) is 17.7 Å². The Morgan fingerprint density at radius 1 is 1.37 bits per heavy atom. The van der Waals surface area contributed by atoms with Gasteiger partial charge in [0, 0.05) is 10.0 Å². The molecule has 6 heteroatoms. The third-order valence-electron chi connectivity index (χ3n) is 2.32. The molecular weight excluding hydrogens is 289 g/mol. The van der Waals surface area contributed by atoms with Crippen molar-refractivity contribution in [3.05, 3.63) is 33.8 Å². The van der Waals surface area contributed by atoms with Gasteiger partial charge in [0.1, 0.15) is 6.54 Å². The van der Waals surface area contributed by atoms with E-state index in [1.54, 1.807) is 12.1 Å². The van der Waals surface area contributed by atoms with Gasteiger partial charge in [-0.25, -0.2) is 0 Å². The van der Waals surface area contributed by atoms with E-state index < -0.39 is 18.4 Å². The van der Waals surface area contributed by atoms with Crippen molar-refractivity contribution in [3.8, 4) is 12.3 Å². The lowest BCUT2D eigenvalue weighted by atomic mass is 10.1. The Bertz CT molecular complexity index is 537. The van der Waals surface area contributed by atoms with Crippen molar-refractivity contribution in [2.75, 3.05) is 13.1 Å². The molecule has 4 nitrogen and oxygen atoms in total. The zero-order chi connectivity index (χ0) is 14.4. The quantitative estimate of drug-likeness (QED) is 0.847. The minimum absolute atomic E-state index is 0.0229. The predicted molar refractivity (Wildman–Crippen MR) is 73.2 cm³/mol. The van der Waals surface area contributed by atoms with E-state index in [9.17, 15) is 9.59 Å². The van der Waals surface area contributed by atoms with Crippen LogP contribution in [0.3, 0.4) is 0 Å². The lowest BCUT2D eigenvalue weighted by Crippen LogP contribution is -2.37. The van der Waals surface area contributed by atoms with Gasteiger partial charge in [-0.3, -0.25) is 9.59 Å². The van der Waals surface area contributed by atoms with E-state index in [0.717, 1.165) is 4.90 Å². The van der Waals surface area contributed by atoms with Crippen LogP contribution in [0.15, 0.2) is 18.2 Å². The zero-order valence-corrected chi connectivity index (χ0v) is 11.4. The van der Waals surface area contributed by atoms with E-state index in [-0.39, 0.29) is 13.0 Å².